The maximum absolute atomic E-state index is 11.8. The van der Waals surface area contributed by atoms with Gasteiger partial charge in [0.25, 0.3) is 0 Å². The van der Waals surface area contributed by atoms with E-state index in [1.54, 1.807) is 24.9 Å². The number of aliphatic carboxylic acids is 1. The lowest BCUT2D eigenvalue weighted by molar-refractivity contribution is -0.147. The van der Waals surface area contributed by atoms with Crippen molar-refractivity contribution in [1.29, 1.82) is 0 Å². The molecule has 2 amide bonds. The fourth-order valence-corrected chi connectivity index (χ4v) is 2.01. The fourth-order valence-electron chi connectivity index (χ4n) is 2.01. The molecule has 1 saturated heterocycles. The summed E-state index contributed by atoms with van der Waals surface area (Å²) >= 11 is 0. The molecule has 6 heteroatoms. The van der Waals surface area contributed by atoms with Gasteiger partial charge in [0.15, 0.2) is 0 Å². The van der Waals surface area contributed by atoms with E-state index in [1.165, 1.54) is 0 Å². The van der Waals surface area contributed by atoms with Crippen LogP contribution in [-0.2, 0) is 4.79 Å². The molecular weight excluding hydrogens is 234 g/mol. The van der Waals surface area contributed by atoms with Crippen molar-refractivity contribution in [3.8, 4) is 0 Å². The molecular formula is C12H17N3O3. The molecule has 1 aromatic heterocycles. The maximum Gasteiger partial charge on any atom is 0.318 e. The van der Waals surface area contributed by atoms with Crippen LogP contribution in [0.15, 0.2) is 18.5 Å². The first kappa shape index (κ1) is 12.5. The van der Waals surface area contributed by atoms with E-state index in [9.17, 15) is 9.59 Å². The molecule has 0 aliphatic carbocycles. The number of aromatic amines is 1. The van der Waals surface area contributed by atoms with E-state index in [-0.39, 0.29) is 18.6 Å². The summed E-state index contributed by atoms with van der Waals surface area (Å²) in [7, 11) is 0. The van der Waals surface area contributed by atoms with Gasteiger partial charge in [-0.05, 0) is 25.5 Å². The van der Waals surface area contributed by atoms with E-state index < -0.39 is 11.4 Å². The van der Waals surface area contributed by atoms with E-state index >= 15 is 0 Å². The number of carbonyl (C=O) groups is 2. The van der Waals surface area contributed by atoms with Gasteiger partial charge in [-0.1, -0.05) is 0 Å². The van der Waals surface area contributed by atoms with Crippen molar-refractivity contribution in [2.75, 3.05) is 13.1 Å². The number of carboxylic acids is 1. The van der Waals surface area contributed by atoms with Gasteiger partial charge in [0.05, 0.1) is 11.5 Å². The van der Waals surface area contributed by atoms with Gasteiger partial charge >= 0.3 is 12.0 Å². The Labute approximate surface area is 105 Å². The fraction of sp³-hybridized carbons (Fsp3) is 0.500. The van der Waals surface area contributed by atoms with Crippen molar-refractivity contribution in [3.63, 3.8) is 0 Å². The highest BCUT2D eigenvalue weighted by molar-refractivity contribution is 5.79. The Balaban J connectivity index is 2.04. The molecule has 1 fully saturated rings. The summed E-state index contributed by atoms with van der Waals surface area (Å²) in [5.41, 5.74) is 0.0590. The van der Waals surface area contributed by atoms with E-state index in [1.807, 2.05) is 12.3 Å². The molecule has 3 N–H and O–H groups in total. The lowest BCUT2D eigenvalue weighted by atomic mass is 9.93. The van der Waals surface area contributed by atoms with Crippen LogP contribution in [0.3, 0.4) is 0 Å². The predicted octanol–water partition coefficient (Wildman–Crippen LogP) is 1.19. The summed E-state index contributed by atoms with van der Waals surface area (Å²) in [5.74, 6) is -0.902. The third kappa shape index (κ3) is 2.32. The number of amides is 2. The third-order valence-corrected chi connectivity index (χ3v) is 3.18. The van der Waals surface area contributed by atoms with E-state index in [2.05, 4.69) is 10.3 Å². The van der Waals surface area contributed by atoms with Crippen LogP contribution >= 0.6 is 0 Å². The zero-order valence-corrected chi connectivity index (χ0v) is 10.4. The molecule has 1 atom stereocenters. The molecule has 0 radical (unpaired) electrons. The summed E-state index contributed by atoms with van der Waals surface area (Å²) < 4.78 is 0. The average Bonchev–Trinajstić information content (AvgIpc) is 2.88. The predicted molar refractivity (Wildman–Crippen MR) is 65.1 cm³/mol. The van der Waals surface area contributed by atoms with Gasteiger partial charge in [-0.3, -0.25) is 4.79 Å². The first-order chi connectivity index (χ1) is 8.40. The van der Waals surface area contributed by atoms with Crippen molar-refractivity contribution < 1.29 is 14.7 Å². The van der Waals surface area contributed by atoms with E-state index in [0.29, 0.717) is 6.54 Å². The number of aromatic nitrogens is 1. The lowest BCUT2D eigenvalue weighted by Gasteiger charge is -2.25. The summed E-state index contributed by atoms with van der Waals surface area (Å²) in [6, 6.07) is 1.61. The van der Waals surface area contributed by atoms with Crippen LogP contribution in [-0.4, -0.2) is 40.1 Å². The molecule has 6 nitrogen and oxygen atoms in total. The Morgan fingerprint density at radius 3 is 2.89 bits per heavy atom. The van der Waals surface area contributed by atoms with Crippen molar-refractivity contribution in [2.24, 2.45) is 5.41 Å². The van der Waals surface area contributed by atoms with Gasteiger partial charge < -0.3 is 20.3 Å². The monoisotopic (exact) mass is 251 g/mol. The number of hydrogen-bond donors (Lipinski definition) is 3. The first-order valence-corrected chi connectivity index (χ1v) is 5.82. The smallest absolute Gasteiger partial charge is 0.318 e. The standard InChI is InChI=1S/C12H17N3O3/c1-12(2,10(16)17)7-15-6-9(14-11(15)18)8-3-4-13-5-8/h3-5,9,13H,6-7H2,1-2H3,(H,14,18)(H,16,17). The molecule has 18 heavy (non-hydrogen) atoms. The van der Waals surface area contributed by atoms with Crippen LogP contribution in [0.5, 0.6) is 0 Å². The van der Waals surface area contributed by atoms with Gasteiger partial charge in [-0.2, -0.15) is 0 Å². The molecule has 1 unspecified atom stereocenters. The Morgan fingerprint density at radius 1 is 1.61 bits per heavy atom. The molecule has 2 rings (SSSR count). The largest absolute Gasteiger partial charge is 0.481 e. The summed E-state index contributed by atoms with van der Waals surface area (Å²) in [4.78, 5) is 27.3. The zero-order valence-electron chi connectivity index (χ0n) is 10.4. The topological polar surface area (TPSA) is 85.4 Å². The zero-order chi connectivity index (χ0) is 13.3. The van der Waals surface area contributed by atoms with Gasteiger partial charge in [0.1, 0.15) is 0 Å². The number of rotatable bonds is 4. The van der Waals surface area contributed by atoms with Crippen LogP contribution in [0.2, 0.25) is 0 Å². The lowest BCUT2D eigenvalue weighted by Crippen LogP contribution is -2.40. The van der Waals surface area contributed by atoms with Gasteiger partial charge in [0.2, 0.25) is 0 Å². The Hall–Kier alpha value is -1.98. The minimum absolute atomic E-state index is 0.0756. The van der Waals surface area contributed by atoms with E-state index in [0.717, 1.165) is 5.56 Å². The molecule has 0 bridgehead atoms. The van der Waals surface area contributed by atoms with Gasteiger partial charge in [-0.25, -0.2) is 4.79 Å². The highest BCUT2D eigenvalue weighted by atomic mass is 16.4. The molecule has 1 aliphatic heterocycles. The number of carboxylic acid groups (broad SMARTS) is 1. The number of nitrogens with zero attached hydrogens (tertiary/aromatic N) is 1. The number of hydrogen-bond acceptors (Lipinski definition) is 2. The molecule has 0 saturated carbocycles. The minimum atomic E-state index is -0.940. The average molecular weight is 251 g/mol. The molecule has 0 aromatic carbocycles. The number of H-pyrrole nitrogens is 1. The Kier molecular flexibility index (Phi) is 3.02. The maximum atomic E-state index is 11.8. The molecule has 2 heterocycles. The highest BCUT2D eigenvalue weighted by Gasteiger charge is 2.37. The van der Waals surface area contributed by atoms with E-state index in [4.69, 9.17) is 5.11 Å². The number of urea groups is 1. The van der Waals surface area contributed by atoms with Gasteiger partial charge in [0, 0.05) is 25.5 Å². The number of carbonyl (C=O) groups excluding carboxylic acids is 1. The molecule has 1 aromatic rings. The molecule has 98 valence electrons. The van der Waals surface area contributed by atoms with Crippen molar-refractivity contribution >= 4 is 12.0 Å². The van der Waals surface area contributed by atoms with Crippen LogP contribution in [0.1, 0.15) is 25.5 Å². The summed E-state index contributed by atoms with van der Waals surface area (Å²) in [5, 5.41) is 11.9. The Bertz CT molecular complexity index is 453. The summed E-state index contributed by atoms with van der Waals surface area (Å²) in [6.07, 6.45) is 3.63. The highest BCUT2D eigenvalue weighted by Crippen LogP contribution is 2.24. The van der Waals surface area contributed by atoms with Crippen LogP contribution in [0, 0.1) is 5.41 Å². The van der Waals surface area contributed by atoms with Crippen molar-refractivity contribution in [1.82, 2.24) is 15.2 Å². The molecule has 1 aliphatic rings. The molecule has 0 spiro atoms. The first-order valence-electron chi connectivity index (χ1n) is 5.82. The second-order valence-corrected chi connectivity index (χ2v) is 5.22. The second-order valence-electron chi connectivity index (χ2n) is 5.22. The van der Waals surface area contributed by atoms with Crippen molar-refractivity contribution in [3.05, 3.63) is 24.0 Å². The normalized spacial score (nSPS) is 20.0. The number of nitrogens with one attached hydrogen (secondary N) is 2. The van der Waals surface area contributed by atoms with Crippen LogP contribution in [0.25, 0.3) is 0 Å². The summed E-state index contributed by atoms with van der Waals surface area (Å²) in [6.45, 7) is 3.93. The second kappa shape index (κ2) is 4.36. The van der Waals surface area contributed by atoms with Crippen LogP contribution < -0.4 is 5.32 Å². The SMILES string of the molecule is CC(C)(CN1CC(c2cc[nH]c2)NC1=O)C(=O)O. The van der Waals surface area contributed by atoms with Gasteiger partial charge in [-0.15, -0.1) is 0 Å². The van der Waals surface area contributed by atoms with Crippen molar-refractivity contribution in [2.45, 2.75) is 19.9 Å². The minimum Gasteiger partial charge on any atom is -0.481 e. The third-order valence-electron chi connectivity index (χ3n) is 3.18. The Morgan fingerprint density at radius 2 is 2.33 bits per heavy atom. The van der Waals surface area contributed by atoms with Crippen LogP contribution in [0.4, 0.5) is 4.79 Å². The quantitative estimate of drug-likeness (QED) is 0.751.